The SMILES string of the molecule is CCCOc1c(I)cc(C2N=C(NC#N)Nc3nc(N)c(C#N)c(N)c32)cc1OC. The number of guanidine groups is 1. The maximum atomic E-state index is 9.44. The van der Waals surface area contributed by atoms with Crippen LogP contribution >= 0.6 is 22.6 Å². The van der Waals surface area contributed by atoms with Crippen molar-refractivity contribution in [1.29, 1.82) is 10.5 Å². The van der Waals surface area contributed by atoms with Gasteiger partial charge >= 0.3 is 0 Å². The lowest BCUT2D eigenvalue weighted by Gasteiger charge is -2.27. The predicted octanol–water partition coefficient (Wildman–Crippen LogP) is 2.46. The van der Waals surface area contributed by atoms with Gasteiger partial charge in [-0.1, -0.05) is 6.92 Å². The van der Waals surface area contributed by atoms with E-state index in [0.717, 1.165) is 15.6 Å². The van der Waals surface area contributed by atoms with Gasteiger partial charge in [-0.2, -0.15) is 10.5 Å². The zero-order chi connectivity index (χ0) is 21.8. The first-order valence-electron chi connectivity index (χ1n) is 8.94. The number of hydrogen-bond acceptors (Lipinski definition) is 10. The third kappa shape index (κ3) is 3.84. The van der Waals surface area contributed by atoms with Crippen LogP contribution < -0.4 is 31.6 Å². The highest BCUT2D eigenvalue weighted by Gasteiger charge is 2.30. The molecule has 6 N–H and O–H groups in total. The Kier molecular flexibility index (Phi) is 6.32. The highest BCUT2D eigenvalue weighted by molar-refractivity contribution is 14.1. The number of pyridine rings is 1. The average Bonchev–Trinajstić information content (AvgIpc) is 2.72. The molecule has 0 fully saturated rings. The number of nitrogens with one attached hydrogen (secondary N) is 2. The minimum Gasteiger partial charge on any atom is -0.493 e. The second-order valence-corrected chi connectivity index (χ2v) is 7.45. The maximum Gasteiger partial charge on any atom is 0.211 e. The lowest BCUT2D eigenvalue weighted by Crippen LogP contribution is -2.32. The summed E-state index contributed by atoms with van der Waals surface area (Å²) in [7, 11) is 1.56. The Morgan fingerprint density at radius 1 is 1.33 bits per heavy atom. The fourth-order valence-electron chi connectivity index (χ4n) is 3.06. The van der Waals surface area contributed by atoms with Gasteiger partial charge in [-0.3, -0.25) is 5.32 Å². The molecule has 1 aromatic heterocycles. The first-order chi connectivity index (χ1) is 14.4. The molecule has 1 aliphatic rings. The number of fused-ring (bicyclic) bond motifs is 1. The Hall–Kier alpha value is -3.45. The van der Waals surface area contributed by atoms with Crippen molar-refractivity contribution in [2.45, 2.75) is 19.4 Å². The zero-order valence-corrected chi connectivity index (χ0v) is 18.4. The molecule has 11 heteroatoms. The van der Waals surface area contributed by atoms with Gasteiger partial charge in [0.05, 0.1) is 23.0 Å². The highest BCUT2D eigenvalue weighted by atomic mass is 127. The zero-order valence-electron chi connectivity index (χ0n) is 16.3. The normalized spacial score (nSPS) is 14.4. The first kappa shape index (κ1) is 21.3. The predicted molar refractivity (Wildman–Crippen MR) is 121 cm³/mol. The monoisotopic (exact) mass is 518 g/mol. The molecule has 0 radical (unpaired) electrons. The summed E-state index contributed by atoms with van der Waals surface area (Å²) in [6, 6.07) is 5.02. The average molecular weight is 518 g/mol. The molecular weight excluding hydrogens is 499 g/mol. The first-order valence-corrected chi connectivity index (χ1v) is 10.0. The molecule has 3 rings (SSSR count). The quantitative estimate of drug-likeness (QED) is 0.264. The Morgan fingerprint density at radius 2 is 2.10 bits per heavy atom. The highest BCUT2D eigenvalue weighted by Crippen LogP contribution is 2.43. The number of nitriles is 2. The second kappa shape index (κ2) is 8.92. The third-order valence-electron chi connectivity index (χ3n) is 4.38. The molecule has 1 aromatic carbocycles. The van der Waals surface area contributed by atoms with Gasteiger partial charge in [-0.15, -0.1) is 0 Å². The Balaban J connectivity index is 2.21. The third-order valence-corrected chi connectivity index (χ3v) is 5.18. The van der Waals surface area contributed by atoms with E-state index in [2.05, 4.69) is 43.2 Å². The van der Waals surface area contributed by atoms with E-state index >= 15 is 0 Å². The summed E-state index contributed by atoms with van der Waals surface area (Å²) in [5, 5.41) is 23.8. The molecule has 0 spiro atoms. The molecule has 0 aliphatic carbocycles. The lowest BCUT2D eigenvalue weighted by atomic mass is 9.95. The number of aliphatic imine (C=N–C) groups is 1. The van der Waals surface area contributed by atoms with Gasteiger partial charge in [0.25, 0.3) is 0 Å². The molecule has 154 valence electrons. The van der Waals surface area contributed by atoms with Crippen molar-refractivity contribution in [3.05, 3.63) is 32.4 Å². The summed E-state index contributed by atoms with van der Waals surface area (Å²) >= 11 is 2.16. The minimum atomic E-state index is -0.653. The van der Waals surface area contributed by atoms with Gasteiger partial charge in [0.1, 0.15) is 29.3 Å². The van der Waals surface area contributed by atoms with Crippen LogP contribution in [0.5, 0.6) is 11.5 Å². The summed E-state index contributed by atoms with van der Waals surface area (Å²) in [5.41, 5.74) is 13.6. The smallest absolute Gasteiger partial charge is 0.211 e. The van der Waals surface area contributed by atoms with Gasteiger partial charge in [0.15, 0.2) is 17.7 Å². The van der Waals surface area contributed by atoms with E-state index < -0.39 is 6.04 Å². The van der Waals surface area contributed by atoms with E-state index in [1.807, 2.05) is 25.3 Å². The van der Waals surface area contributed by atoms with Crippen molar-refractivity contribution in [2.24, 2.45) is 4.99 Å². The van der Waals surface area contributed by atoms with Gasteiger partial charge < -0.3 is 26.3 Å². The summed E-state index contributed by atoms with van der Waals surface area (Å²) in [4.78, 5) is 8.81. The maximum absolute atomic E-state index is 9.44. The molecule has 30 heavy (non-hydrogen) atoms. The number of anilines is 3. The number of nitrogen functional groups attached to an aromatic ring is 2. The van der Waals surface area contributed by atoms with Crippen molar-refractivity contribution in [3.8, 4) is 23.8 Å². The van der Waals surface area contributed by atoms with Crippen molar-refractivity contribution in [2.75, 3.05) is 30.5 Å². The fraction of sp³-hybridized carbons (Fsp3) is 0.263. The number of nitrogens with two attached hydrogens (primary N) is 2. The molecule has 1 unspecified atom stereocenters. The molecular formula is C19H19IN8O2. The van der Waals surface area contributed by atoms with Crippen molar-refractivity contribution in [1.82, 2.24) is 10.3 Å². The number of aromatic nitrogens is 1. The summed E-state index contributed by atoms with van der Waals surface area (Å²) in [6.07, 6.45) is 2.68. The Morgan fingerprint density at radius 3 is 2.73 bits per heavy atom. The van der Waals surface area contributed by atoms with Crippen LogP contribution in [0.3, 0.4) is 0 Å². The van der Waals surface area contributed by atoms with E-state index in [9.17, 15) is 5.26 Å². The van der Waals surface area contributed by atoms with Crippen LogP contribution in [0.15, 0.2) is 17.1 Å². The molecule has 10 nitrogen and oxygen atoms in total. The molecule has 1 atom stereocenters. The number of rotatable bonds is 5. The molecule has 0 saturated carbocycles. The van der Waals surface area contributed by atoms with Crippen LogP contribution in [0, 0.1) is 26.4 Å². The van der Waals surface area contributed by atoms with Gasteiger partial charge in [-0.05, 0) is 46.7 Å². The Labute approximate surface area is 187 Å². The number of halogens is 1. The molecule has 2 aromatic rings. The van der Waals surface area contributed by atoms with Crippen LogP contribution in [0.1, 0.15) is 36.1 Å². The van der Waals surface area contributed by atoms with E-state index in [4.69, 9.17) is 26.2 Å². The largest absolute Gasteiger partial charge is 0.493 e. The molecule has 0 bridgehead atoms. The van der Waals surface area contributed by atoms with Crippen molar-refractivity contribution >= 4 is 45.9 Å². The summed E-state index contributed by atoms with van der Waals surface area (Å²) in [5.74, 6) is 1.68. The van der Waals surface area contributed by atoms with Gasteiger partial charge in [0.2, 0.25) is 5.96 Å². The topological polar surface area (TPSA) is 167 Å². The Bertz CT molecular complexity index is 1100. The van der Waals surface area contributed by atoms with Crippen molar-refractivity contribution in [3.63, 3.8) is 0 Å². The second-order valence-electron chi connectivity index (χ2n) is 6.28. The van der Waals surface area contributed by atoms with Gasteiger partial charge in [-0.25, -0.2) is 9.98 Å². The molecule has 0 saturated heterocycles. The number of ether oxygens (including phenoxy) is 2. The van der Waals surface area contributed by atoms with E-state index in [1.165, 1.54) is 0 Å². The number of hydrogen-bond donors (Lipinski definition) is 4. The number of methoxy groups -OCH3 is 1. The van der Waals surface area contributed by atoms with Crippen LogP contribution in [0.4, 0.5) is 17.3 Å². The number of nitrogens with zero attached hydrogens (tertiary/aromatic N) is 4. The molecule has 1 aliphatic heterocycles. The van der Waals surface area contributed by atoms with Crippen molar-refractivity contribution < 1.29 is 9.47 Å². The van der Waals surface area contributed by atoms with Crippen LogP contribution in [0.2, 0.25) is 0 Å². The summed E-state index contributed by atoms with van der Waals surface area (Å²) in [6.45, 7) is 2.57. The van der Waals surface area contributed by atoms with E-state index in [0.29, 0.717) is 29.5 Å². The minimum absolute atomic E-state index is 0.00585. The number of benzene rings is 1. The van der Waals surface area contributed by atoms with E-state index in [-0.39, 0.29) is 23.0 Å². The van der Waals surface area contributed by atoms with Crippen LogP contribution in [-0.4, -0.2) is 24.7 Å². The van der Waals surface area contributed by atoms with Crippen LogP contribution in [0.25, 0.3) is 0 Å². The van der Waals surface area contributed by atoms with E-state index in [1.54, 1.807) is 13.2 Å². The summed E-state index contributed by atoms with van der Waals surface area (Å²) < 4.78 is 12.2. The standard InChI is InChI=1S/C19H19IN8O2/c1-3-4-30-16-11(20)5-9(6-12(16)29-2)15-13-14(23)10(7-21)17(24)27-18(13)28-19(26-15)25-8-22/h5-6,15H,3-4H2,1-2H3,(H6,23,24,25,26,27,28). The van der Waals surface area contributed by atoms with Gasteiger partial charge in [0, 0.05) is 5.56 Å². The lowest BCUT2D eigenvalue weighted by molar-refractivity contribution is 0.292. The van der Waals surface area contributed by atoms with Crippen LogP contribution in [-0.2, 0) is 0 Å². The fourth-order valence-corrected chi connectivity index (χ4v) is 3.85. The molecule has 0 amide bonds. The molecule has 2 heterocycles.